The fourth-order valence-electron chi connectivity index (χ4n) is 3.08. The minimum Gasteiger partial charge on any atom is -0.354 e. The predicted octanol–water partition coefficient (Wildman–Crippen LogP) is 3.75. The molecule has 1 fully saturated rings. The molecule has 0 amide bonds. The van der Waals surface area contributed by atoms with Crippen LogP contribution in [-0.2, 0) is 13.1 Å². The number of guanidine groups is 1. The summed E-state index contributed by atoms with van der Waals surface area (Å²) in [6, 6.07) is 9.39. The van der Waals surface area contributed by atoms with E-state index >= 15 is 0 Å². The van der Waals surface area contributed by atoms with E-state index in [1.807, 2.05) is 7.05 Å². The van der Waals surface area contributed by atoms with Crippen molar-refractivity contribution < 1.29 is 0 Å². The summed E-state index contributed by atoms with van der Waals surface area (Å²) in [5, 5.41) is 7.02. The quantitative estimate of drug-likeness (QED) is 0.399. The Labute approximate surface area is 164 Å². The molecule has 2 N–H and O–H groups in total. The Kier molecular flexibility index (Phi) is 10.3. The van der Waals surface area contributed by atoms with Gasteiger partial charge in [-0.25, -0.2) is 0 Å². The van der Waals surface area contributed by atoms with E-state index in [4.69, 9.17) is 0 Å². The van der Waals surface area contributed by atoms with E-state index in [0.717, 1.165) is 25.6 Å². The lowest BCUT2D eigenvalue weighted by molar-refractivity contribution is 0.345. The molecule has 0 aliphatic heterocycles. The van der Waals surface area contributed by atoms with Gasteiger partial charge < -0.3 is 15.5 Å². The Balaban J connectivity index is 0.00000288. The van der Waals surface area contributed by atoms with Gasteiger partial charge in [0, 0.05) is 26.2 Å². The smallest absolute Gasteiger partial charge is 0.191 e. The largest absolute Gasteiger partial charge is 0.354 e. The summed E-state index contributed by atoms with van der Waals surface area (Å²) in [5.74, 6) is 0.924. The average Bonchev–Trinajstić information content (AvgIpc) is 2.59. The highest BCUT2D eigenvalue weighted by atomic mass is 127. The molecule has 1 aromatic rings. The van der Waals surface area contributed by atoms with Crippen LogP contribution in [0.5, 0.6) is 0 Å². The fraction of sp³-hybridized carbons (Fsp3) is 0.632. The molecule has 5 heteroatoms. The maximum absolute atomic E-state index is 4.37. The summed E-state index contributed by atoms with van der Waals surface area (Å²) in [4.78, 5) is 6.68. The van der Waals surface area contributed by atoms with E-state index in [2.05, 4.69) is 58.8 Å². The molecule has 0 heterocycles. The van der Waals surface area contributed by atoms with Crippen LogP contribution >= 0.6 is 24.0 Å². The van der Waals surface area contributed by atoms with E-state index in [-0.39, 0.29) is 24.0 Å². The van der Waals surface area contributed by atoms with Crippen LogP contribution in [0.25, 0.3) is 0 Å². The highest BCUT2D eigenvalue weighted by Gasteiger charge is 2.14. The highest BCUT2D eigenvalue weighted by Crippen LogP contribution is 2.17. The monoisotopic (exact) mass is 444 g/mol. The SMILES string of the molecule is CCN(C)Cc1cccc(CNC(=NC)NC2CCCCC2)c1.I. The number of hydrogen-bond acceptors (Lipinski definition) is 2. The van der Waals surface area contributed by atoms with Crippen LogP contribution in [0.15, 0.2) is 29.3 Å². The average molecular weight is 444 g/mol. The molecule has 0 atom stereocenters. The second kappa shape index (κ2) is 11.7. The van der Waals surface area contributed by atoms with Gasteiger partial charge >= 0.3 is 0 Å². The molecule has 24 heavy (non-hydrogen) atoms. The molecule has 4 nitrogen and oxygen atoms in total. The van der Waals surface area contributed by atoms with Gasteiger partial charge in [-0.15, -0.1) is 24.0 Å². The number of aliphatic imine (C=N–C) groups is 1. The molecule has 136 valence electrons. The van der Waals surface area contributed by atoms with Crippen molar-refractivity contribution in [2.45, 2.75) is 58.2 Å². The fourth-order valence-corrected chi connectivity index (χ4v) is 3.08. The number of nitrogens with one attached hydrogen (secondary N) is 2. The minimum absolute atomic E-state index is 0. The lowest BCUT2D eigenvalue weighted by Crippen LogP contribution is -2.43. The van der Waals surface area contributed by atoms with Crippen molar-refractivity contribution in [3.05, 3.63) is 35.4 Å². The van der Waals surface area contributed by atoms with E-state index in [9.17, 15) is 0 Å². The van der Waals surface area contributed by atoms with Gasteiger partial charge in [-0.3, -0.25) is 4.99 Å². The molecule has 0 aromatic heterocycles. The van der Waals surface area contributed by atoms with Crippen molar-refractivity contribution >= 4 is 29.9 Å². The Morgan fingerprint density at radius 1 is 1.21 bits per heavy atom. The predicted molar refractivity (Wildman–Crippen MR) is 114 cm³/mol. The second-order valence-corrected chi connectivity index (χ2v) is 6.56. The minimum atomic E-state index is 0. The van der Waals surface area contributed by atoms with E-state index < -0.39 is 0 Å². The Bertz CT molecular complexity index is 498. The molecular formula is C19H33IN4. The van der Waals surface area contributed by atoms with Crippen LogP contribution in [0.3, 0.4) is 0 Å². The van der Waals surface area contributed by atoms with E-state index in [1.54, 1.807) is 0 Å². The van der Waals surface area contributed by atoms with Gasteiger partial charge in [0.25, 0.3) is 0 Å². The lowest BCUT2D eigenvalue weighted by Gasteiger charge is -2.25. The number of halogens is 1. The van der Waals surface area contributed by atoms with Crippen molar-refractivity contribution in [3.63, 3.8) is 0 Å². The number of rotatable bonds is 6. The summed E-state index contributed by atoms with van der Waals surface area (Å²) in [7, 11) is 4.01. The van der Waals surface area contributed by atoms with Crippen molar-refractivity contribution in [3.8, 4) is 0 Å². The van der Waals surface area contributed by atoms with Crippen LogP contribution in [0, 0.1) is 0 Å². The first-order valence-electron chi connectivity index (χ1n) is 8.94. The van der Waals surface area contributed by atoms with Gasteiger partial charge in [-0.2, -0.15) is 0 Å². The van der Waals surface area contributed by atoms with Crippen LogP contribution in [0.4, 0.5) is 0 Å². The van der Waals surface area contributed by atoms with Crippen molar-refractivity contribution in [2.75, 3.05) is 20.6 Å². The Morgan fingerprint density at radius 2 is 1.92 bits per heavy atom. The normalized spacial score (nSPS) is 15.9. The van der Waals surface area contributed by atoms with E-state index in [1.165, 1.54) is 43.2 Å². The summed E-state index contributed by atoms with van der Waals surface area (Å²) >= 11 is 0. The summed E-state index contributed by atoms with van der Waals surface area (Å²) in [6.07, 6.45) is 6.57. The lowest BCUT2D eigenvalue weighted by atomic mass is 9.96. The molecule has 0 saturated heterocycles. The molecule has 0 unspecified atom stereocenters. The first-order valence-corrected chi connectivity index (χ1v) is 8.94. The summed E-state index contributed by atoms with van der Waals surface area (Å²) in [6.45, 7) is 5.07. The Hall–Kier alpha value is -0.820. The molecule has 1 saturated carbocycles. The second-order valence-electron chi connectivity index (χ2n) is 6.56. The van der Waals surface area contributed by atoms with Gasteiger partial charge in [0.15, 0.2) is 5.96 Å². The van der Waals surface area contributed by atoms with Crippen LogP contribution in [-0.4, -0.2) is 37.5 Å². The van der Waals surface area contributed by atoms with Crippen molar-refractivity contribution in [1.29, 1.82) is 0 Å². The third-order valence-corrected chi connectivity index (χ3v) is 4.61. The third-order valence-electron chi connectivity index (χ3n) is 4.61. The standard InChI is InChI=1S/C19H32N4.HI/c1-4-23(3)15-17-10-8-9-16(13-17)14-21-19(20-2)22-18-11-6-5-7-12-18;/h8-10,13,18H,4-7,11-12,14-15H2,1-3H3,(H2,20,21,22);1H. The third kappa shape index (κ3) is 7.38. The number of hydrogen-bond donors (Lipinski definition) is 2. The van der Waals surface area contributed by atoms with Gasteiger partial charge in [0.2, 0.25) is 0 Å². The molecule has 0 spiro atoms. The summed E-state index contributed by atoms with van der Waals surface area (Å²) < 4.78 is 0. The zero-order valence-electron chi connectivity index (χ0n) is 15.3. The van der Waals surface area contributed by atoms with Crippen LogP contribution in [0.1, 0.15) is 50.2 Å². The van der Waals surface area contributed by atoms with Gasteiger partial charge in [0.05, 0.1) is 0 Å². The van der Waals surface area contributed by atoms with Gasteiger partial charge in [0.1, 0.15) is 0 Å². The van der Waals surface area contributed by atoms with Gasteiger partial charge in [-0.05, 0) is 37.6 Å². The van der Waals surface area contributed by atoms with Crippen LogP contribution in [0.2, 0.25) is 0 Å². The molecule has 2 rings (SSSR count). The van der Waals surface area contributed by atoms with Crippen molar-refractivity contribution in [2.24, 2.45) is 4.99 Å². The molecule has 1 aromatic carbocycles. The zero-order chi connectivity index (χ0) is 16.5. The molecular weight excluding hydrogens is 411 g/mol. The maximum Gasteiger partial charge on any atom is 0.191 e. The van der Waals surface area contributed by atoms with Crippen molar-refractivity contribution in [1.82, 2.24) is 15.5 Å². The molecule has 0 radical (unpaired) electrons. The Morgan fingerprint density at radius 3 is 2.58 bits per heavy atom. The van der Waals surface area contributed by atoms with E-state index in [0.29, 0.717) is 6.04 Å². The first kappa shape index (κ1) is 21.2. The zero-order valence-corrected chi connectivity index (χ0v) is 17.7. The first-order chi connectivity index (χ1) is 11.2. The van der Waals surface area contributed by atoms with Crippen LogP contribution < -0.4 is 10.6 Å². The maximum atomic E-state index is 4.37. The summed E-state index contributed by atoms with van der Waals surface area (Å²) in [5.41, 5.74) is 2.67. The molecule has 1 aliphatic rings. The topological polar surface area (TPSA) is 39.7 Å². The highest BCUT2D eigenvalue weighted by molar-refractivity contribution is 14.0. The number of nitrogens with zero attached hydrogens (tertiary/aromatic N) is 2. The molecule has 0 bridgehead atoms. The number of benzene rings is 1. The molecule has 1 aliphatic carbocycles. The van der Waals surface area contributed by atoms with Gasteiger partial charge in [-0.1, -0.05) is 50.5 Å².